The molecule has 0 saturated carbocycles. The lowest BCUT2D eigenvalue weighted by molar-refractivity contribution is -0.111. The topological polar surface area (TPSA) is 81.7 Å². The predicted molar refractivity (Wildman–Crippen MR) is 121 cm³/mol. The maximum absolute atomic E-state index is 12.3. The summed E-state index contributed by atoms with van der Waals surface area (Å²) in [5.41, 5.74) is 3.81. The number of anilines is 2. The number of hydrogen-bond acceptors (Lipinski definition) is 5. The fourth-order valence-electron chi connectivity index (χ4n) is 3.37. The van der Waals surface area contributed by atoms with Gasteiger partial charge in [0.05, 0.1) is 4.90 Å². The summed E-state index contributed by atoms with van der Waals surface area (Å²) in [4.78, 5) is 17.1. The van der Waals surface area contributed by atoms with E-state index in [4.69, 9.17) is 0 Å². The quantitative estimate of drug-likeness (QED) is 0.690. The number of nitrogens with one attached hydrogen (secondary N) is 2. The molecule has 1 aliphatic heterocycles. The normalized spacial score (nSPS) is 15.5. The molecule has 1 aliphatic rings. The lowest BCUT2D eigenvalue weighted by Gasteiger charge is -2.35. The molecule has 0 radical (unpaired) electrons. The van der Waals surface area contributed by atoms with Crippen LogP contribution < -0.4 is 14.9 Å². The van der Waals surface area contributed by atoms with Gasteiger partial charge in [-0.2, -0.15) is 0 Å². The van der Waals surface area contributed by atoms with Crippen LogP contribution in [0.15, 0.2) is 53.4 Å². The number of piperazine rings is 1. The zero-order valence-electron chi connectivity index (χ0n) is 17.6. The summed E-state index contributed by atoms with van der Waals surface area (Å²) in [5.74, 6) is -0.242. The van der Waals surface area contributed by atoms with Gasteiger partial charge in [0.15, 0.2) is 0 Å². The van der Waals surface area contributed by atoms with Crippen molar-refractivity contribution in [3.63, 3.8) is 0 Å². The molecule has 0 spiro atoms. The van der Waals surface area contributed by atoms with Crippen molar-refractivity contribution in [3.8, 4) is 0 Å². The Morgan fingerprint density at radius 1 is 1.03 bits per heavy atom. The Morgan fingerprint density at radius 3 is 2.30 bits per heavy atom. The van der Waals surface area contributed by atoms with E-state index in [0.29, 0.717) is 0 Å². The molecule has 7 nitrogen and oxygen atoms in total. The first-order valence-electron chi connectivity index (χ1n) is 9.85. The summed E-state index contributed by atoms with van der Waals surface area (Å²) in [5, 5.41) is 2.88. The maximum atomic E-state index is 12.3. The molecule has 0 aromatic heterocycles. The lowest BCUT2D eigenvalue weighted by Crippen LogP contribution is -2.44. The Labute approximate surface area is 178 Å². The van der Waals surface area contributed by atoms with Crippen molar-refractivity contribution in [2.24, 2.45) is 0 Å². The number of carbonyl (C=O) groups excluding carboxylic acids is 1. The van der Waals surface area contributed by atoms with Crippen molar-refractivity contribution >= 4 is 33.4 Å². The first-order chi connectivity index (χ1) is 14.3. The molecular weight excluding hydrogens is 400 g/mol. The SMILES string of the molecule is CNS(=O)(=O)c1ccc(/C=C/C(=O)Nc2ccc(N3CCN(C)CC3)c(C)c2)cc1. The molecule has 3 rings (SSSR count). The van der Waals surface area contributed by atoms with E-state index in [1.165, 1.54) is 30.9 Å². The zero-order chi connectivity index (χ0) is 21.7. The van der Waals surface area contributed by atoms with Gasteiger partial charge in [-0.05, 0) is 68.6 Å². The number of hydrogen-bond donors (Lipinski definition) is 2. The first kappa shape index (κ1) is 22.0. The number of aryl methyl sites for hydroxylation is 1. The molecule has 2 aromatic rings. The number of benzene rings is 2. The average Bonchev–Trinajstić information content (AvgIpc) is 2.73. The molecule has 160 valence electrons. The highest BCUT2D eigenvalue weighted by Gasteiger charge is 2.16. The van der Waals surface area contributed by atoms with Crippen LogP contribution in [0.25, 0.3) is 6.08 Å². The lowest BCUT2D eigenvalue weighted by atomic mass is 10.1. The van der Waals surface area contributed by atoms with Gasteiger partial charge in [0.25, 0.3) is 0 Å². The van der Waals surface area contributed by atoms with Gasteiger partial charge in [-0.3, -0.25) is 4.79 Å². The van der Waals surface area contributed by atoms with Crippen molar-refractivity contribution in [3.05, 3.63) is 59.7 Å². The van der Waals surface area contributed by atoms with Crippen LogP contribution in [-0.2, 0) is 14.8 Å². The van der Waals surface area contributed by atoms with E-state index in [1.54, 1.807) is 18.2 Å². The highest BCUT2D eigenvalue weighted by molar-refractivity contribution is 7.89. The molecule has 2 N–H and O–H groups in total. The molecule has 0 bridgehead atoms. The fourth-order valence-corrected chi connectivity index (χ4v) is 4.10. The molecule has 0 unspecified atom stereocenters. The van der Waals surface area contributed by atoms with Gasteiger partial charge >= 0.3 is 0 Å². The van der Waals surface area contributed by atoms with Gasteiger partial charge in [0.1, 0.15) is 0 Å². The van der Waals surface area contributed by atoms with Crippen LogP contribution in [0.1, 0.15) is 11.1 Å². The number of rotatable bonds is 6. The third kappa shape index (κ3) is 5.47. The van der Waals surface area contributed by atoms with Crippen molar-refractivity contribution in [2.45, 2.75) is 11.8 Å². The number of sulfonamides is 1. The van der Waals surface area contributed by atoms with Crippen LogP contribution in [0.2, 0.25) is 0 Å². The van der Waals surface area contributed by atoms with Crippen LogP contribution in [0, 0.1) is 6.92 Å². The Morgan fingerprint density at radius 2 is 1.70 bits per heavy atom. The van der Waals surface area contributed by atoms with Crippen molar-refractivity contribution < 1.29 is 13.2 Å². The van der Waals surface area contributed by atoms with Crippen molar-refractivity contribution in [2.75, 3.05) is 50.5 Å². The molecule has 30 heavy (non-hydrogen) atoms. The highest BCUT2D eigenvalue weighted by atomic mass is 32.2. The van der Waals surface area contributed by atoms with E-state index in [0.717, 1.165) is 43.0 Å². The number of nitrogens with zero attached hydrogens (tertiary/aromatic N) is 2. The van der Waals surface area contributed by atoms with E-state index in [1.807, 2.05) is 12.1 Å². The summed E-state index contributed by atoms with van der Waals surface area (Å²) in [6, 6.07) is 12.3. The van der Waals surface area contributed by atoms with Crippen molar-refractivity contribution in [1.29, 1.82) is 0 Å². The van der Waals surface area contributed by atoms with Crippen LogP contribution in [0.3, 0.4) is 0 Å². The second-order valence-electron chi connectivity index (χ2n) is 7.39. The Kier molecular flexibility index (Phi) is 6.91. The van der Waals surface area contributed by atoms with Crippen LogP contribution in [0.4, 0.5) is 11.4 Å². The number of amides is 1. The first-order valence-corrected chi connectivity index (χ1v) is 11.3. The third-order valence-electron chi connectivity index (χ3n) is 5.19. The summed E-state index contributed by atoms with van der Waals surface area (Å²) in [6.07, 6.45) is 3.09. The van der Waals surface area contributed by atoms with Gasteiger partial charge < -0.3 is 15.1 Å². The van der Waals surface area contributed by atoms with E-state index in [2.05, 4.69) is 39.9 Å². The smallest absolute Gasteiger partial charge is 0.248 e. The second-order valence-corrected chi connectivity index (χ2v) is 9.28. The summed E-state index contributed by atoms with van der Waals surface area (Å²) in [6.45, 7) is 6.15. The van der Waals surface area contributed by atoms with Crippen LogP contribution >= 0.6 is 0 Å². The van der Waals surface area contributed by atoms with Gasteiger partial charge in [-0.25, -0.2) is 13.1 Å². The fraction of sp³-hybridized carbons (Fsp3) is 0.318. The summed E-state index contributed by atoms with van der Waals surface area (Å²) < 4.78 is 25.8. The maximum Gasteiger partial charge on any atom is 0.248 e. The van der Waals surface area contributed by atoms with E-state index < -0.39 is 10.0 Å². The van der Waals surface area contributed by atoms with Crippen LogP contribution in [-0.4, -0.2) is 59.5 Å². The average molecular weight is 429 g/mol. The van der Waals surface area contributed by atoms with Gasteiger partial charge in [0, 0.05) is 43.6 Å². The van der Waals surface area contributed by atoms with Gasteiger partial charge in [0.2, 0.25) is 15.9 Å². The zero-order valence-corrected chi connectivity index (χ0v) is 18.4. The number of likely N-dealkylation sites (N-methyl/N-ethyl adjacent to an activating group) is 1. The molecule has 1 fully saturated rings. The summed E-state index contributed by atoms with van der Waals surface area (Å²) in [7, 11) is 0.0371. The van der Waals surface area contributed by atoms with Gasteiger partial charge in [-0.1, -0.05) is 12.1 Å². The summed E-state index contributed by atoms with van der Waals surface area (Å²) >= 11 is 0. The third-order valence-corrected chi connectivity index (χ3v) is 6.62. The van der Waals surface area contributed by atoms with E-state index in [9.17, 15) is 13.2 Å². The minimum absolute atomic E-state index is 0.183. The molecule has 2 aromatic carbocycles. The molecule has 0 aliphatic carbocycles. The van der Waals surface area contributed by atoms with Gasteiger partial charge in [-0.15, -0.1) is 0 Å². The van der Waals surface area contributed by atoms with Crippen LogP contribution in [0.5, 0.6) is 0 Å². The Bertz CT molecular complexity index is 1020. The minimum Gasteiger partial charge on any atom is -0.369 e. The van der Waals surface area contributed by atoms with Crippen molar-refractivity contribution in [1.82, 2.24) is 9.62 Å². The molecule has 1 saturated heterocycles. The molecule has 0 atom stereocenters. The standard InChI is InChI=1S/C22H28N4O3S/c1-17-16-19(7-10-21(17)26-14-12-25(3)13-15-26)24-22(27)11-6-18-4-8-20(9-5-18)30(28,29)23-2/h4-11,16,23H,12-15H2,1-3H3,(H,24,27)/b11-6+. The molecule has 8 heteroatoms. The monoisotopic (exact) mass is 428 g/mol. The Balaban J connectivity index is 1.61. The van der Waals surface area contributed by atoms with E-state index in [-0.39, 0.29) is 10.8 Å². The predicted octanol–water partition coefficient (Wildman–Crippen LogP) is 2.31. The highest BCUT2D eigenvalue weighted by Crippen LogP contribution is 2.24. The molecule has 1 amide bonds. The second kappa shape index (κ2) is 9.42. The number of carbonyl (C=O) groups is 1. The van der Waals surface area contributed by atoms with E-state index >= 15 is 0 Å². The molecular formula is C22H28N4O3S. The molecule has 1 heterocycles. The minimum atomic E-state index is -3.46. The Hall–Kier alpha value is -2.68. The largest absolute Gasteiger partial charge is 0.369 e.